The molecule has 0 aliphatic heterocycles. The second-order valence-electron chi connectivity index (χ2n) is 3.54. The molecule has 0 aliphatic carbocycles. The summed E-state index contributed by atoms with van der Waals surface area (Å²) < 4.78 is 4.56. The smallest absolute Gasteiger partial charge is 0.310 e. The third-order valence-electron chi connectivity index (χ3n) is 2.56. The van der Waals surface area contributed by atoms with Crippen LogP contribution in [0, 0.1) is 11.3 Å². The predicted molar refractivity (Wildman–Crippen MR) is 61.6 cm³/mol. The van der Waals surface area contributed by atoms with E-state index < -0.39 is 5.97 Å². The fourth-order valence-corrected chi connectivity index (χ4v) is 1.60. The van der Waals surface area contributed by atoms with Crippen LogP contribution < -0.4 is 0 Å². The van der Waals surface area contributed by atoms with E-state index in [4.69, 9.17) is 5.26 Å². The highest BCUT2D eigenvalue weighted by Gasteiger charge is 2.11. The number of aldehydes is 1. The molecule has 0 aromatic heterocycles. The minimum absolute atomic E-state index is 0.0449. The molecule has 88 valence electrons. The summed E-state index contributed by atoms with van der Waals surface area (Å²) >= 11 is 0. The highest BCUT2D eigenvalue weighted by atomic mass is 16.5. The molecule has 0 unspecified atom stereocenters. The van der Waals surface area contributed by atoms with Crippen LogP contribution in [0.1, 0.15) is 34.0 Å². The molecule has 1 aromatic carbocycles. The summed E-state index contributed by atoms with van der Waals surface area (Å²) in [5, 5.41) is 8.93. The second kappa shape index (κ2) is 5.80. The van der Waals surface area contributed by atoms with Crippen molar-refractivity contribution in [2.45, 2.75) is 19.8 Å². The van der Waals surface area contributed by atoms with Gasteiger partial charge in [0.2, 0.25) is 0 Å². The quantitative estimate of drug-likeness (QED) is 0.583. The van der Waals surface area contributed by atoms with E-state index in [9.17, 15) is 9.59 Å². The van der Waals surface area contributed by atoms with Gasteiger partial charge in [0.15, 0.2) is 0 Å². The molecule has 0 saturated carbocycles. The van der Waals surface area contributed by atoms with E-state index in [0.29, 0.717) is 29.4 Å². The molecule has 0 aliphatic rings. The molecule has 4 nitrogen and oxygen atoms in total. The van der Waals surface area contributed by atoms with E-state index >= 15 is 0 Å². The van der Waals surface area contributed by atoms with Gasteiger partial charge in [0.05, 0.1) is 25.2 Å². The first-order valence-electron chi connectivity index (χ1n) is 5.24. The van der Waals surface area contributed by atoms with Gasteiger partial charge in [-0.15, -0.1) is 0 Å². The van der Waals surface area contributed by atoms with Gasteiger partial charge in [-0.3, -0.25) is 9.59 Å². The van der Waals surface area contributed by atoms with Crippen LogP contribution in [0.2, 0.25) is 0 Å². The number of rotatable bonds is 4. The van der Waals surface area contributed by atoms with Crippen LogP contribution in [0.3, 0.4) is 0 Å². The van der Waals surface area contributed by atoms with Gasteiger partial charge in [-0.25, -0.2) is 0 Å². The number of hydrogen-bond acceptors (Lipinski definition) is 4. The fraction of sp³-hybridized carbons (Fsp3) is 0.308. The normalized spacial score (nSPS) is 9.47. The van der Waals surface area contributed by atoms with Gasteiger partial charge in [0.25, 0.3) is 0 Å². The number of benzene rings is 1. The summed E-state index contributed by atoms with van der Waals surface area (Å²) in [7, 11) is 1.30. The Morgan fingerprint density at radius 1 is 1.47 bits per heavy atom. The largest absolute Gasteiger partial charge is 0.469 e. The molecule has 0 amide bonds. The minimum atomic E-state index is -0.403. The molecule has 1 rings (SSSR count). The molecule has 0 spiro atoms. The molecule has 0 saturated heterocycles. The number of ether oxygens (including phenoxy) is 1. The summed E-state index contributed by atoms with van der Waals surface area (Å²) in [4.78, 5) is 22.1. The van der Waals surface area contributed by atoms with Gasteiger partial charge in [-0.1, -0.05) is 13.0 Å². The SMILES string of the molecule is CCc1cc(CC(=O)OC)c(C=O)cc1C#N. The molecule has 4 heteroatoms. The third kappa shape index (κ3) is 2.91. The van der Waals surface area contributed by atoms with E-state index in [1.165, 1.54) is 13.2 Å². The Bertz CT molecular complexity index is 486. The number of nitrogens with zero attached hydrogens (tertiary/aromatic N) is 1. The molecular weight excluding hydrogens is 218 g/mol. The lowest BCUT2D eigenvalue weighted by Gasteiger charge is -2.08. The number of hydrogen-bond donors (Lipinski definition) is 0. The van der Waals surface area contributed by atoms with Crippen LogP contribution in [0.25, 0.3) is 0 Å². The van der Waals surface area contributed by atoms with Gasteiger partial charge in [-0.2, -0.15) is 5.26 Å². The van der Waals surface area contributed by atoms with Crippen molar-refractivity contribution >= 4 is 12.3 Å². The molecule has 0 heterocycles. The Hall–Kier alpha value is -2.15. The van der Waals surface area contributed by atoms with Crippen molar-refractivity contribution < 1.29 is 14.3 Å². The highest BCUT2D eigenvalue weighted by molar-refractivity contribution is 5.82. The van der Waals surface area contributed by atoms with Crippen LogP contribution in [0.4, 0.5) is 0 Å². The summed E-state index contributed by atoms with van der Waals surface area (Å²) in [5.74, 6) is -0.403. The number of nitriles is 1. The van der Waals surface area contributed by atoms with E-state index in [1.807, 2.05) is 13.0 Å². The Morgan fingerprint density at radius 2 is 2.18 bits per heavy atom. The predicted octanol–water partition coefficient (Wildman–Crippen LogP) is 1.65. The maximum atomic E-state index is 11.2. The molecule has 0 bridgehead atoms. The zero-order chi connectivity index (χ0) is 12.8. The first-order chi connectivity index (χ1) is 8.15. The molecule has 0 fully saturated rings. The topological polar surface area (TPSA) is 67.2 Å². The Labute approximate surface area is 99.8 Å². The number of esters is 1. The summed E-state index contributed by atoms with van der Waals surface area (Å²) in [6.07, 6.45) is 1.37. The number of methoxy groups -OCH3 is 1. The number of carbonyl (C=O) groups excluding carboxylic acids is 2. The highest BCUT2D eigenvalue weighted by Crippen LogP contribution is 2.17. The van der Waals surface area contributed by atoms with Gasteiger partial charge in [0, 0.05) is 5.56 Å². The lowest BCUT2D eigenvalue weighted by molar-refractivity contribution is -0.139. The van der Waals surface area contributed by atoms with Gasteiger partial charge in [0.1, 0.15) is 6.29 Å². The molecular formula is C13H13NO3. The molecule has 0 atom stereocenters. The standard InChI is InChI=1S/C13H13NO3/c1-3-9-4-10(6-13(16)17-2)12(8-15)5-11(9)7-14/h4-5,8H,3,6H2,1-2H3. The van der Waals surface area contributed by atoms with Crippen molar-refractivity contribution in [1.82, 2.24) is 0 Å². The lowest BCUT2D eigenvalue weighted by atomic mass is 9.96. The maximum absolute atomic E-state index is 11.2. The van der Waals surface area contributed by atoms with Crippen LogP contribution in [-0.4, -0.2) is 19.4 Å². The van der Waals surface area contributed by atoms with Crippen molar-refractivity contribution in [2.24, 2.45) is 0 Å². The van der Waals surface area contributed by atoms with Crippen LogP contribution in [0.15, 0.2) is 12.1 Å². The summed E-state index contributed by atoms with van der Waals surface area (Å²) in [6, 6.07) is 5.28. The maximum Gasteiger partial charge on any atom is 0.310 e. The number of carbonyl (C=O) groups is 2. The van der Waals surface area contributed by atoms with Crippen LogP contribution in [0.5, 0.6) is 0 Å². The van der Waals surface area contributed by atoms with Crippen LogP contribution in [-0.2, 0) is 22.4 Å². The van der Waals surface area contributed by atoms with E-state index in [-0.39, 0.29) is 6.42 Å². The minimum Gasteiger partial charge on any atom is -0.469 e. The Kier molecular flexibility index (Phi) is 4.41. The zero-order valence-electron chi connectivity index (χ0n) is 9.82. The molecule has 0 radical (unpaired) electrons. The first-order valence-corrected chi connectivity index (χ1v) is 5.24. The third-order valence-corrected chi connectivity index (χ3v) is 2.56. The molecule has 17 heavy (non-hydrogen) atoms. The van der Waals surface area contributed by atoms with Crippen molar-refractivity contribution in [3.63, 3.8) is 0 Å². The Balaban J connectivity index is 3.24. The molecule has 0 N–H and O–H groups in total. The van der Waals surface area contributed by atoms with Crippen molar-refractivity contribution in [2.75, 3.05) is 7.11 Å². The monoisotopic (exact) mass is 231 g/mol. The van der Waals surface area contributed by atoms with Crippen molar-refractivity contribution in [3.05, 3.63) is 34.4 Å². The zero-order valence-corrected chi connectivity index (χ0v) is 9.82. The van der Waals surface area contributed by atoms with Gasteiger partial charge >= 0.3 is 5.97 Å². The van der Waals surface area contributed by atoms with E-state index in [1.54, 1.807) is 6.07 Å². The lowest BCUT2D eigenvalue weighted by Crippen LogP contribution is -2.08. The fourth-order valence-electron chi connectivity index (χ4n) is 1.60. The summed E-state index contributed by atoms with van der Waals surface area (Å²) in [6.45, 7) is 1.92. The average molecular weight is 231 g/mol. The second-order valence-corrected chi connectivity index (χ2v) is 3.54. The Morgan fingerprint density at radius 3 is 2.65 bits per heavy atom. The van der Waals surface area contributed by atoms with E-state index in [0.717, 1.165) is 5.56 Å². The van der Waals surface area contributed by atoms with Gasteiger partial charge in [-0.05, 0) is 23.6 Å². The van der Waals surface area contributed by atoms with E-state index in [2.05, 4.69) is 4.74 Å². The summed E-state index contributed by atoms with van der Waals surface area (Å²) in [5.41, 5.74) is 2.27. The number of aryl methyl sites for hydroxylation is 1. The molecule has 1 aromatic rings. The van der Waals surface area contributed by atoms with Crippen molar-refractivity contribution in [1.29, 1.82) is 5.26 Å². The first kappa shape index (κ1) is 12.9. The van der Waals surface area contributed by atoms with Crippen LogP contribution >= 0.6 is 0 Å². The average Bonchev–Trinajstić information content (AvgIpc) is 2.37. The van der Waals surface area contributed by atoms with Gasteiger partial charge < -0.3 is 4.74 Å². The van der Waals surface area contributed by atoms with Crippen molar-refractivity contribution in [3.8, 4) is 6.07 Å².